The first-order valence-electron chi connectivity index (χ1n) is 6.66. The van der Waals surface area contributed by atoms with Gasteiger partial charge in [-0.2, -0.15) is 5.10 Å². The highest BCUT2D eigenvalue weighted by Gasteiger charge is 2.36. The van der Waals surface area contributed by atoms with Crippen molar-refractivity contribution in [1.29, 1.82) is 0 Å². The lowest BCUT2D eigenvalue weighted by atomic mass is 10.0. The summed E-state index contributed by atoms with van der Waals surface area (Å²) in [5.74, 6) is -0.526. The van der Waals surface area contributed by atoms with Gasteiger partial charge in [0.2, 0.25) is 0 Å². The van der Waals surface area contributed by atoms with Crippen LogP contribution in [0.15, 0.2) is 48.8 Å². The molecule has 0 N–H and O–H groups in total. The van der Waals surface area contributed by atoms with Crippen molar-refractivity contribution in [2.45, 2.75) is 25.2 Å². The van der Waals surface area contributed by atoms with E-state index < -0.39 is 5.79 Å². The largest absolute Gasteiger partial charge is 0.346 e. The van der Waals surface area contributed by atoms with E-state index in [1.807, 2.05) is 23.0 Å². The zero-order chi connectivity index (χ0) is 13.0. The van der Waals surface area contributed by atoms with Crippen molar-refractivity contribution in [1.82, 2.24) is 9.78 Å². The van der Waals surface area contributed by atoms with Crippen LogP contribution in [0, 0.1) is 0 Å². The highest BCUT2D eigenvalue weighted by molar-refractivity contribution is 5.85. The van der Waals surface area contributed by atoms with E-state index in [2.05, 4.69) is 29.4 Å². The molecule has 1 saturated heterocycles. The molecule has 4 nitrogen and oxygen atoms in total. The van der Waals surface area contributed by atoms with Crippen LogP contribution in [0.2, 0.25) is 0 Å². The molecule has 0 saturated carbocycles. The summed E-state index contributed by atoms with van der Waals surface area (Å²) < 4.78 is 13.6. The standard InChI is InChI=1S/C15H18N2O2.ClH/c1-2-5-14(6-3-1)7-8-15(18-11-12-19-15)13-17-10-4-9-16-17;/h1-6,9-10H,7-8,11-13H2;1H. The Kier molecular flexibility index (Phi) is 5.17. The van der Waals surface area contributed by atoms with Crippen molar-refractivity contribution in [3.8, 4) is 0 Å². The minimum atomic E-state index is -0.526. The van der Waals surface area contributed by atoms with Crippen molar-refractivity contribution >= 4 is 12.4 Å². The summed E-state index contributed by atoms with van der Waals surface area (Å²) in [6.07, 6.45) is 5.51. The maximum absolute atomic E-state index is 5.85. The Morgan fingerprint density at radius 1 is 1.10 bits per heavy atom. The maximum Gasteiger partial charge on any atom is 0.188 e. The fourth-order valence-electron chi connectivity index (χ4n) is 2.43. The Hall–Kier alpha value is -1.36. The molecule has 1 fully saturated rings. The number of halogens is 1. The molecule has 20 heavy (non-hydrogen) atoms. The van der Waals surface area contributed by atoms with Crippen molar-refractivity contribution < 1.29 is 9.47 Å². The maximum atomic E-state index is 5.85. The van der Waals surface area contributed by atoms with E-state index in [0.717, 1.165) is 12.8 Å². The molecular formula is C15H19ClN2O2. The molecule has 108 valence electrons. The molecule has 1 aromatic heterocycles. The quantitative estimate of drug-likeness (QED) is 0.851. The second-order valence-electron chi connectivity index (χ2n) is 4.80. The van der Waals surface area contributed by atoms with Crippen molar-refractivity contribution in [3.05, 3.63) is 54.4 Å². The Morgan fingerprint density at radius 2 is 1.85 bits per heavy atom. The smallest absolute Gasteiger partial charge is 0.188 e. The van der Waals surface area contributed by atoms with E-state index >= 15 is 0 Å². The minimum absolute atomic E-state index is 0. The van der Waals surface area contributed by atoms with Gasteiger partial charge in [0.05, 0.1) is 19.8 Å². The van der Waals surface area contributed by atoms with Crippen LogP contribution in [0.3, 0.4) is 0 Å². The van der Waals surface area contributed by atoms with Crippen LogP contribution < -0.4 is 0 Å². The summed E-state index contributed by atoms with van der Waals surface area (Å²) in [5.41, 5.74) is 1.31. The molecule has 0 atom stereocenters. The first kappa shape index (κ1) is 15.0. The highest BCUT2D eigenvalue weighted by Crippen LogP contribution is 2.27. The molecule has 2 aromatic rings. The van der Waals surface area contributed by atoms with Crippen LogP contribution in [-0.4, -0.2) is 28.8 Å². The molecule has 1 aliphatic heterocycles. The Labute approximate surface area is 125 Å². The number of ether oxygens (including phenoxy) is 2. The normalized spacial score (nSPS) is 16.8. The van der Waals surface area contributed by atoms with Crippen LogP contribution in [0.25, 0.3) is 0 Å². The van der Waals surface area contributed by atoms with E-state index in [0.29, 0.717) is 19.8 Å². The summed E-state index contributed by atoms with van der Waals surface area (Å²) >= 11 is 0. The topological polar surface area (TPSA) is 36.3 Å². The molecule has 3 rings (SSSR count). The van der Waals surface area contributed by atoms with Gasteiger partial charge in [0.1, 0.15) is 0 Å². The lowest BCUT2D eigenvalue weighted by Gasteiger charge is -2.27. The van der Waals surface area contributed by atoms with Gasteiger partial charge in [-0.1, -0.05) is 30.3 Å². The third kappa shape index (κ3) is 3.60. The molecule has 0 unspecified atom stereocenters. The van der Waals surface area contributed by atoms with Gasteiger partial charge < -0.3 is 9.47 Å². The fraction of sp³-hybridized carbons (Fsp3) is 0.400. The second kappa shape index (κ2) is 6.88. The molecule has 1 aliphatic rings. The zero-order valence-corrected chi connectivity index (χ0v) is 12.1. The third-order valence-electron chi connectivity index (χ3n) is 3.41. The van der Waals surface area contributed by atoms with E-state index in [-0.39, 0.29) is 12.4 Å². The van der Waals surface area contributed by atoms with Crippen LogP contribution in [-0.2, 0) is 22.4 Å². The molecule has 0 amide bonds. The number of rotatable bonds is 5. The van der Waals surface area contributed by atoms with Gasteiger partial charge in [0, 0.05) is 18.8 Å². The van der Waals surface area contributed by atoms with Crippen LogP contribution in [0.4, 0.5) is 0 Å². The van der Waals surface area contributed by atoms with Gasteiger partial charge in [-0.05, 0) is 18.1 Å². The van der Waals surface area contributed by atoms with Crippen LogP contribution in [0.5, 0.6) is 0 Å². The van der Waals surface area contributed by atoms with E-state index in [1.54, 1.807) is 6.20 Å². The number of aromatic nitrogens is 2. The summed E-state index contributed by atoms with van der Waals surface area (Å²) in [6, 6.07) is 12.3. The van der Waals surface area contributed by atoms with Crippen molar-refractivity contribution in [2.24, 2.45) is 0 Å². The molecule has 5 heteroatoms. The second-order valence-corrected chi connectivity index (χ2v) is 4.80. The lowest BCUT2D eigenvalue weighted by Crippen LogP contribution is -2.36. The van der Waals surface area contributed by atoms with E-state index in [4.69, 9.17) is 9.47 Å². The summed E-state index contributed by atoms with van der Waals surface area (Å²) in [4.78, 5) is 0. The van der Waals surface area contributed by atoms with Gasteiger partial charge in [-0.3, -0.25) is 4.68 Å². The van der Waals surface area contributed by atoms with Gasteiger partial charge in [-0.15, -0.1) is 12.4 Å². The van der Waals surface area contributed by atoms with Crippen molar-refractivity contribution in [3.63, 3.8) is 0 Å². The first-order valence-corrected chi connectivity index (χ1v) is 6.66. The fourth-order valence-corrected chi connectivity index (χ4v) is 2.43. The zero-order valence-electron chi connectivity index (χ0n) is 11.3. The molecule has 1 aromatic carbocycles. The van der Waals surface area contributed by atoms with Gasteiger partial charge in [0.15, 0.2) is 5.79 Å². The van der Waals surface area contributed by atoms with E-state index in [1.165, 1.54) is 5.56 Å². The number of hydrogen-bond acceptors (Lipinski definition) is 3. The van der Waals surface area contributed by atoms with Gasteiger partial charge in [0.25, 0.3) is 0 Å². The monoisotopic (exact) mass is 294 g/mol. The SMILES string of the molecule is Cl.c1ccc(CCC2(Cn3cccn3)OCCO2)cc1. The average Bonchev–Trinajstić information content (AvgIpc) is 3.11. The lowest BCUT2D eigenvalue weighted by molar-refractivity contribution is -0.173. The number of benzene rings is 1. The molecule has 0 radical (unpaired) electrons. The number of nitrogens with zero attached hydrogens (tertiary/aromatic N) is 2. The van der Waals surface area contributed by atoms with Gasteiger partial charge >= 0.3 is 0 Å². The third-order valence-corrected chi connectivity index (χ3v) is 3.41. The van der Waals surface area contributed by atoms with Crippen LogP contribution in [0.1, 0.15) is 12.0 Å². The van der Waals surface area contributed by atoms with Crippen molar-refractivity contribution in [2.75, 3.05) is 13.2 Å². The predicted molar refractivity (Wildman–Crippen MR) is 78.9 cm³/mol. The molecule has 0 aliphatic carbocycles. The first-order chi connectivity index (χ1) is 9.36. The molecule has 2 heterocycles. The van der Waals surface area contributed by atoms with E-state index in [9.17, 15) is 0 Å². The van der Waals surface area contributed by atoms with Gasteiger partial charge in [-0.25, -0.2) is 0 Å². The average molecular weight is 295 g/mol. The summed E-state index contributed by atoms with van der Waals surface area (Å²) in [5, 5.41) is 4.24. The number of aryl methyl sites for hydroxylation is 1. The Morgan fingerprint density at radius 3 is 2.50 bits per heavy atom. The predicted octanol–water partition coefficient (Wildman–Crippen LogP) is 2.68. The summed E-state index contributed by atoms with van der Waals surface area (Å²) in [6.45, 7) is 1.97. The van der Waals surface area contributed by atoms with Crippen LogP contribution >= 0.6 is 12.4 Å². The summed E-state index contributed by atoms with van der Waals surface area (Å²) in [7, 11) is 0. The number of hydrogen-bond donors (Lipinski definition) is 0. The highest BCUT2D eigenvalue weighted by atomic mass is 35.5. The molecule has 0 bridgehead atoms. The minimum Gasteiger partial charge on any atom is -0.346 e. The molecule has 0 spiro atoms. The molecular weight excluding hydrogens is 276 g/mol. The Balaban J connectivity index is 0.00000147. The Bertz CT molecular complexity index is 496.